The molecular weight excluding hydrogens is 418 g/mol. The number of nitrogens with zero attached hydrogens (tertiary/aromatic N) is 1. The van der Waals surface area contributed by atoms with Crippen LogP contribution in [-0.2, 0) is 16.0 Å². The molecule has 0 aliphatic carbocycles. The molecule has 176 valence electrons. The van der Waals surface area contributed by atoms with Gasteiger partial charge >= 0.3 is 5.97 Å². The van der Waals surface area contributed by atoms with Crippen LogP contribution in [0.1, 0.15) is 61.4 Å². The molecule has 1 aliphatic rings. The van der Waals surface area contributed by atoms with Crippen molar-refractivity contribution in [2.75, 3.05) is 30.9 Å². The number of carbonyl (C=O) groups excluding carboxylic acids is 2. The fraction of sp³-hybridized carbons (Fsp3) is 0.423. The number of carbonyl (C=O) groups is 2. The highest BCUT2D eigenvalue weighted by molar-refractivity contribution is 6.05. The second-order valence-corrected chi connectivity index (χ2v) is 7.98. The minimum atomic E-state index is -0.240. The van der Waals surface area contributed by atoms with Crippen molar-refractivity contribution >= 4 is 29.1 Å². The molecule has 3 rings (SSSR count). The average Bonchev–Trinajstić information content (AvgIpc) is 2.80. The van der Waals surface area contributed by atoms with E-state index >= 15 is 0 Å². The van der Waals surface area contributed by atoms with Gasteiger partial charge in [0.15, 0.2) is 0 Å². The highest BCUT2D eigenvalue weighted by atomic mass is 16.5. The molecule has 1 heterocycles. The van der Waals surface area contributed by atoms with Gasteiger partial charge in [-0.2, -0.15) is 0 Å². The van der Waals surface area contributed by atoms with Crippen molar-refractivity contribution in [3.63, 3.8) is 0 Å². The molecule has 7 nitrogen and oxygen atoms in total. The van der Waals surface area contributed by atoms with Gasteiger partial charge in [0.05, 0.1) is 13.7 Å². The van der Waals surface area contributed by atoms with Gasteiger partial charge in [-0.1, -0.05) is 25.0 Å². The van der Waals surface area contributed by atoms with Crippen LogP contribution in [0, 0.1) is 0 Å². The van der Waals surface area contributed by atoms with Crippen molar-refractivity contribution in [2.24, 2.45) is 4.99 Å². The third-order valence-corrected chi connectivity index (χ3v) is 5.49. The number of methoxy groups -OCH3 is 1. The lowest BCUT2D eigenvalue weighted by molar-refractivity contribution is -0.143. The maximum atomic E-state index is 12.9. The van der Waals surface area contributed by atoms with Crippen LogP contribution in [0.5, 0.6) is 5.75 Å². The number of esters is 1. The molecule has 0 fully saturated rings. The number of amidine groups is 1. The van der Waals surface area contributed by atoms with E-state index in [4.69, 9.17) is 9.47 Å². The number of nitrogens with one attached hydrogen (secondary N) is 2. The third kappa shape index (κ3) is 7.63. The third-order valence-electron chi connectivity index (χ3n) is 5.49. The summed E-state index contributed by atoms with van der Waals surface area (Å²) in [5, 5.41) is 6.30. The van der Waals surface area contributed by atoms with Crippen LogP contribution in [0.25, 0.3) is 0 Å². The summed E-state index contributed by atoms with van der Waals surface area (Å²) >= 11 is 0. The van der Waals surface area contributed by atoms with Gasteiger partial charge in [0.1, 0.15) is 11.6 Å². The van der Waals surface area contributed by atoms with Gasteiger partial charge in [0.2, 0.25) is 0 Å². The van der Waals surface area contributed by atoms with Gasteiger partial charge in [-0.3, -0.25) is 14.6 Å². The van der Waals surface area contributed by atoms with Crippen LogP contribution >= 0.6 is 0 Å². The number of hydrogen-bond donors (Lipinski definition) is 2. The number of ether oxygens (including phenoxy) is 2. The summed E-state index contributed by atoms with van der Waals surface area (Å²) in [6, 6.07) is 12.9. The van der Waals surface area contributed by atoms with Crippen molar-refractivity contribution in [3.05, 3.63) is 53.6 Å². The van der Waals surface area contributed by atoms with Gasteiger partial charge in [0.25, 0.3) is 5.91 Å². The monoisotopic (exact) mass is 451 g/mol. The Bertz CT molecular complexity index is 987. The molecule has 1 aliphatic heterocycles. The molecule has 0 atom stereocenters. The number of benzene rings is 2. The lowest BCUT2D eigenvalue weighted by atomic mass is 10.1. The number of aliphatic imine (C=N–C) groups is 1. The SMILES string of the molecule is CCOC(=O)CCc1ccc(NC(=O)c2cccc(NC3=NCCCCCC3)c2)cc1OC. The second kappa shape index (κ2) is 12.6. The summed E-state index contributed by atoms with van der Waals surface area (Å²) in [4.78, 5) is 29.1. The zero-order valence-electron chi connectivity index (χ0n) is 19.5. The zero-order chi connectivity index (χ0) is 23.5. The first-order valence-corrected chi connectivity index (χ1v) is 11.6. The van der Waals surface area contributed by atoms with E-state index in [0.29, 0.717) is 30.0 Å². The molecule has 0 saturated heterocycles. The van der Waals surface area contributed by atoms with E-state index in [-0.39, 0.29) is 18.3 Å². The number of amides is 1. The number of anilines is 2. The molecule has 0 spiro atoms. The summed E-state index contributed by atoms with van der Waals surface area (Å²) in [7, 11) is 1.57. The number of hydrogen-bond acceptors (Lipinski definition) is 6. The van der Waals surface area contributed by atoms with Crippen LogP contribution in [0.2, 0.25) is 0 Å². The Labute approximate surface area is 195 Å². The summed E-state index contributed by atoms with van der Waals surface area (Å²) in [5.41, 5.74) is 2.92. The summed E-state index contributed by atoms with van der Waals surface area (Å²) in [6.07, 6.45) is 6.44. The van der Waals surface area contributed by atoms with Gasteiger partial charge in [-0.05, 0) is 56.0 Å². The molecule has 0 unspecified atom stereocenters. The van der Waals surface area contributed by atoms with Crippen molar-refractivity contribution in [2.45, 2.75) is 51.9 Å². The van der Waals surface area contributed by atoms with E-state index in [9.17, 15) is 9.59 Å². The Hall–Kier alpha value is -3.35. The van der Waals surface area contributed by atoms with Crippen LogP contribution in [-0.4, -0.2) is 38.0 Å². The first kappa shape index (κ1) is 24.3. The van der Waals surface area contributed by atoms with Crippen molar-refractivity contribution in [1.29, 1.82) is 0 Å². The standard InChI is InChI=1S/C26H33N3O4/c1-3-33-25(30)15-13-19-12-14-22(18-23(19)32-2)29-26(31)20-9-8-10-21(17-20)28-24-11-6-4-5-7-16-27-24/h8-10,12,14,17-18H,3-7,11,13,15-16H2,1-2H3,(H,27,28)(H,29,31). The molecule has 1 amide bonds. The summed E-state index contributed by atoms with van der Waals surface area (Å²) in [6.45, 7) is 3.00. The van der Waals surface area contributed by atoms with E-state index < -0.39 is 0 Å². The van der Waals surface area contributed by atoms with Crippen LogP contribution in [0.15, 0.2) is 47.5 Å². The molecule has 0 aromatic heterocycles. The van der Waals surface area contributed by atoms with E-state index in [1.54, 1.807) is 26.2 Å². The molecule has 0 saturated carbocycles. The van der Waals surface area contributed by atoms with Gasteiger partial charge in [-0.25, -0.2) is 0 Å². The smallest absolute Gasteiger partial charge is 0.306 e. The molecule has 7 heteroatoms. The molecular formula is C26H33N3O4. The maximum Gasteiger partial charge on any atom is 0.306 e. The fourth-order valence-corrected chi connectivity index (χ4v) is 3.76. The van der Waals surface area contributed by atoms with Crippen LogP contribution in [0.3, 0.4) is 0 Å². The Balaban J connectivity index is 1.64. The van der Waals surface area contributed by atoms with Crippen molar-refractivity contribution in [3.8, 4) is 5.75 Å². The normalized spacial score (nSPS) is 13.8. The van der Waals surface area contributed by atoms with E-state index in [0.717, 1.165) is 42.9 Å². The predicted octanol–water partition coefficient (Wildman–Crippen LogP) is 5.22. The molecule has 2 N–H and O–H groups in total. The van der Waals surface area contributed by atoms with Gasteiger partial charge < -0.3 is 20.1 Å². The van der Waals surface area contributed by atoms with Crippen molar-refractivity contribution < 1.29 is 19.1 Å². The second-order valence-electron chi connectivity index (χ2n) is 7.98. The van der Waals surface area contributed by atoms with Gasteiger partial charge in [0, 0.05) is 42.4 Å². The Morgan fingerprint density at radius 1 is 1.03 bits per heavy atom. The average molecular weight is 452 g/mol. The Morgan fingerprint density at radius 2 is 1.88 bits per heavy atom. The van der Waals surface area contributed by atoms with Crippen LogP contribution < -0.4 is 15.4 Å². The topological polar surface area (TPSA) is 89.0 Å². The van der Waals surface area contributed by atoms with E-state index in [1.165, 1.54) is 12.8 Å². The summed E-state index contributed by atoms with van der Waals surface area (Å²) in [5.74, 6) is 1.15. The first-order chi connectivity index (χ1) is 16.1. The summed E-state index contributed by atoms with van der Waals surface area (Å²) < 4.78 is 10.4. The lowest BCUT2D eigenvalue weighted by Gasteiger charge is -2.14. The lowest BCUT2D eigenvalue weighted by Crippen LogP contribution is -2.16. The molecule has 2 aromatic carbocycles. The maximum absolute atomic E-state index is 12.9. The molecule has 0 radical (unpaired) electrons. The minimum absolute atomic E-state index is 0.209. The number of aryl methyl sites for hydroxylation is 1. The zero-order valence-corrected chi connectivity index (χ0v) is 19.5. The largest absolute Gasteiger partial charge is 0.496 e. The first-order valence-electron chi connectivity index (χ1n) is 11.6. The minimum Gasteiger partial charge on any atom is -0.496 e. The number of rotatable bonds is 8. The quantitative estimate of drug-likeness (QED) is 0.537. The van der Waals surface area contributed by atoms with E-state index in [2.05, 4.69) is 15.6 Å². The van der Waals surface area contributed by atoms with Crippen LogP contribution in [0.4, 0.5) is 11.4 Å². The molecule has 0 bridgehead atoms. The van der Waals surface area contributed by atoms with Gasteiger partial charge in [-0.15, -0.1) is 0 Å². The highest BCUT2D eigenvalue weighted by Crippen LogP contribution is 2.25. The molecule has 2 aromatic rings. The Kier molecular flexibility index (Phi) is 9.30. The van der Waals surface area contributed by atoms with Crippen molar-refractivity contribution in [1.82, 2.24) is 0 Å². The highest BCUT2D eigenvalue weighted by Gasteiger charge is 2.12. The van der Waals surface area contributed by atoms with E-state index in [1.807, 2.05) is 30.3 Å². The predicted molar refractivity (Wildman–Crippen MR) is 131 cm³/mol. The Morgan fingerprint density at radius 3 is 2.70 bits per heavy atom. The molecule has 33 heavy (non-hydrogen) atoms. The fourth-order valence-electron chi connectivity index (χ4n) is 3.76.